The van der Waals surface area contributed by atoms with Crippen molar-refractivity contribution >= 4 is 21.6 Å². The first-order valence-corrected chi connectivity index (χ1v) is 6.24. The van der Waals surface area contributed by atoms with Gasteiger partial charge in [-0.1, -0.05) is 0 Å². The van der Waals surface area contributed by atoms with Crippen LogP contribution in [0.15, 0.2) is 17.6 Å². The van der Waals surface area contributed by atoms with Gasteiger partial charge >= 0.3 is 0 Å². The molecule has 1 saturated heterocycles. The number of imidazole rings is 1. The van der Waals surface area contributed by atoms with Gasteiger partial charge in [0.1, 0.15) is 0 Å². The Bertz CT molecular complexity index is 419. The second-order valence-corrected chi connectivity index (χ2v) is 5.44. The van der Waals surface area contributed by atoms with Gasteiger partial charge in [-0.05, 0) is 0 Å². The SMILES string of the molecule is O=S(=O)(NC1COCC1Cl)c1cnc[nH]1. The van der Waals surface area contributed by atoms with Gasteiger partial charge in [0.15, 0.2) is 5.03 Å². The molecule has 0 radical (unpaired) electrons. The number of sulfonamides is 1. The van der Waals surface area contributed by atoms with Crippen molar-refractivity contribution < 1.29 is 13.2 Å². The summed E-state index contributed by atoms with van der Waals surface area (Å²) in [6.45, 7) is 0.652. The molecule has 0 amide bonds. The Labute approximate surface area is 92.0 Å². The molecule has 1 fully saturated rings. The molecule has 0 aromatic carbocycles. The van der Waals surface area contributed by atoms with Gasteiger partial charge in [-0.3, -0.25) is 0 Å². The van der Waals surface area contributed by atoms with Crippen LogP contribution in [-0.4, -0.2) is 43.0 Å². The van der Waals surface area contributed by atoms with Gasteiger partial charge in [0.05, 0.1) is 37.2 Å². The highest BCUT2D eigenvalue weighted by Crippen LogP contribution is 2.14. The average molecular weight is 252 g/mol. The second kappa shape index (κ2) is 4.09. The Morgan fingerprint density at radius 3 is 2.93 bits per heavy atom. The Hall–Kier alpha value is -0.630. The molecule has 2 atom stereocenters. The Balaban J connectivity index is 2.11. The van der Waals surface area contributed by atoms with E-state index in [1.54, 1.807) is 0 Å². The zero-order valence-electron chi connectivity index (χ0n) is 7.68. The number of nitrogens with one attached hydrogen (secondary N) is 2. The van der Waals surface area contributed by atoms with Crippen molar-refractivity contribution in [3.63, 3.8) is 0 Å². The molecule has 2 unspecified atom stereocenters. The van der Waals surface area contributed by atoms with Gasteiger partial charge in [-0.2, -0.15) is 0 Å². The molecule has 8 heteroatoms. The van der Waals surface area contributed by atoms with Gasteiger partial charge in [-0.25, -0.2) is 18.1 Å². The smallest absolute Gasteiger partial charge is 0.257 e. The minimum Gasteiger partial charge on any atom is -0.378 e. The topological polar surface area (TPSA) is 84.1 Å². The molecule has 2 N–H and O–H groups in total. The summed E-state index contributed by atoms with van der Waals surface area (Å²) in [7, 11) is -3.57. The first kappa shape index (κ1) is 10.9. The zero-order valence-corrected chi connectivity index (χ0v) is 9.25. The van der Waals surface area contributed by atoms with E-state index >= 15 is 0 Å². The fourth-order valence-electron chi connectivity index (χ4n) is 1.29. The predicted octanol–water partition coefficient (Wildman–Crippen LogP) is -0.306. The maximum Gasteiger partial charge on any atom is 0.257 e. The summed E-state index contributed by atoms with van der Waals surface area (Å²) in [6.07, 6.45) is 2.54. The predicted molar refractivity (Wildman–Crippen MR) is 53.2 cm³/mol. The number of aromatic nitrogens is 2. The van der Waals surface area contributed by atoms with E-state index < -0.39 is 10.0 Å². The fourth-order valence-corrected chi connectivity index (χ4v) is 2.75. The van der Waals surface area contributed by atoms with Crippen LogP contribution in [0, 0.1) is 0 Å². The molecule has 0 bridgehead atoms. The van der Waals surface area contributed by atoms with E-state index in [0.717, 1.165) is 0 Å². The molecule has 1 aromatic rings. The van der Waals surface area contributed by atoms with Gasteiger partial charge in [-0.15, -0.1) is 11.6 Å². The lowest BCUT2D eigenvalue weighted by Crippen LogP contribution is -2.40. The minimum atomic E-state index is -3.57. The summed E-state index contributed by atoms with van der Waals surface area (Å²) in [4.78, 5) is 6.16. The van der Waals surface area contributed by atoms with Gasteiger partial charge in [0.2, 0.25) is 0 Å². The third-order valence-corrected chi connectivity index (χ3v) is 3.93. The Kier molecular flexibility index (Phi) is 2.96. The van der Waals surface area contributed by atoms with E-state index in [0.29, 0.717) is 13.2 Å². The lowest BCUT2D eigenvalue weighted by molar-refractivity contribution is 0.193. The van der Waals surface area contributed by atoms with Gasteiger partial charge < -0.3 is 9.72 Å². The summed E-state index contributed by atoms with van der Waals surface area (Å²) in [5, 5.41) is -0.305. The molecule has 2 heterocycles. The van der Waals surface area contributed by atoms with Crippen LogP contribution >= 0.6 is 11.6 Å². The van der Waals surface area contributed by atoms with Crippen molar-refractivity contribution in [1.82, 2.24) is 14.7 Å². The third kappa shape index (κ3) is 2.31. The van der Waals surface area contributed by atoms with E-state index in [1.807, 2.05) is 0 Å². The Morgan fingerprint density at radius 1 is 1.60 bits per heavy atom. The molecule has 1 aromatic heterocycles. The minimum absolute atomic E-state index is 0.0262. The van der Waals surface area contributed by atoms with Crippen molar-refractivity contribution in [2.24, 2.45) is 0 Å². The number of ether oxygens (including phenoxy) is 1. The number of halogens is 1. The molecular formula is C7H10ClN3O3S. The molecule has 2 rings (SSSR count). The van der Waals surface area contributed by atoms with Crippen LogP contribution < -0.4 is 4.72 Å². The van der Waals surface area contributed by atoms with Crippen LogP contribution in [-0.2, 0) is 14.8 Å². The van der Waals surface area contributed by atoms with Crippen LogP contribution in [0.1, 0.15) is 0 Å². The molecule has 1 aliphatic rings. The molecule has 84 valence electrons. The monoisotopic (exact) mass is 251 g/mol. The number of nitrogens with zero attached hydrogens (tertiary/aromatic N) is 1. The second-order valence-electron chi connectivity index (χ2n) is 3.20. The van der Waals surface area contributed by atoms with Crippen molar-refractivity contribution in [3.05, 3.63) is 12.5 Å². The maximum atomic E-state index is 11.7. The zero-order chi connectivity index (χ0) is 10.9. The summed E-state index contributed by atoms with van der Waals surface area (Å²) in [6, 6.07) is -0.389. The molecule has 0 saturated carbocycles. The molecule has 0 spiro atoms. The first-order chi connectivity index (χ1) is 7.09. The van der Waals surface area contributed by atoms with Crippen molar-refractivity contribution in [2.45, 2.75) is 16.4 Å². The van der Waals surface area contributed by atoms with E-state index in [4.69, 9.17) is 16.3 Å². The van der Waals surface area contributed by atoms with E-state index in [9.17, 15) is 8.42 Å². The number of rotatable bonds is 3. The van der Waals surface area contributed by atoms with Crippen LogP contribution in [0.2, 0.25) is 0 Å². The molecular weight excluding hydrogens is 242 g/mol. The normalized spacial score (nSPS) is 27.0. The molecule has 1 aliphatic heterocycles. The van der Waals surface area contributed by atoms with Crippen LogP contribution in [0.4, 0.5) is 0 Å². The molecule has 0 aliphatic carbocycles. The third-order valence-electron chi connectivity index (χ3n) is 2.08. The van der Waals surface area contributed by atoms with E-state index in [1.165, 1.54) is 12.5 Å². The standard InChI is InChI=1S/C7H10ClN3O3S/c8-5-2-14-3-6(5)11-15(12,13)7-1-9-4-10-7/h1,4-6,11H,2-3H2,(H,9,10). The van der Waals surface area contributed by atoms with Crippen molar-refractivity contribution in [2.75, 3.05) is 13.2 Å². The largest absolute Gasteiger partial charge is 0.378 e. The quantitative estimate of drug-likeness (QED) is 0.722. The lowest BCUT2D eigenvalue weighted by atomic mass is 10.3. The van der Waals surface area contributed by atoms with E-state index in [2.05, 4.69) is 14.7 Å². The number of hydrogen-bond donors (Lipinski definition) is 2. The summed E-state index contributed by atoms with van der Waals surface area (Å²) in [5.74, 6) is 0. The highest BCUT2D eigenvalue weighted by Gasteiger charge is 2.31. The fraction of sp³-hybridized carbons (Fsp3) is 0.571. The number of alkyl halides is 1. The first-order valence-electron chi connectivity index (χ1n) is 4.32. The number of hydrogen-bond acceptors (Lipinski definition) is 4. The Morgan fingerprint density at radius 2 is 2.40 bits per heavy atom. The molecule has 15 heavy (non-hydrogen) atoms. The van der Waals surface area contributed by atoms with Crippen LogP contribution in [0.3, 0.4) is 0 Å². The summed E-state index contributed by atoms with van der Waals surface area (Å²) in [5.41, 5.74) is 0. The summed E-state index contributed by atoms with van der Waals surface area (Å²) >= 11 is 5.87. The van der Waals surface area contributed by atoms with Crippen molar-refractivity contribution in [1.29, 1.82) is 0 Å². The van der Waals surface area contributed by atoms with E-state index in [-0.39, 0.29) is 16.4 Å². The molecule has 6 nitrogen and oxygen atoms in total. The van der Waals surface area contributed by atoms with Gasteiger partial charge in [0.25, 0.3) is 10.0 Å². The average Bonchev–Trinajstić information content (AvgIpc) is 2.77. The number of H-pyrrole nitrogens is 1. The van der Waals surface area contributed by atoms with Gasteiger partial charge in [0, 0.05) is 0 Å². The van der Waals surface area contributed by atoms with Crippen LogP contribution in [0.25, 0.3) is 0 Å². The van der Waals surface area contributed by atoms with Crippen LogP contribution in [0.5, 0.6) is 0 Å². The maximum absolute atomic E-state index is 11.7. The number of aromatic amines is 1. The highest BCUT2D eigenvalue weighted by atomic mass is 35.5. The highest BCUT2D eigenvalue weighted by molar-refractivity contribution is 7.89. The summed E-state index contributed by atoms with van der Waals surface area (Å²) < 4.78 is 30.9. The lowest BCUT2D eigenvalue weighted by Gasteiger charge is -2.12. The van der Waals surface area contributed by atoms with Crippen molar-refractivity contribution in [3.8, 4) is 0 Å².